The largest absolute Gasteiger partial charge is 0.309 e. The molecule has 0 aliphatic heterocycles. The summed E-state index contributed by atoms with van der Waals surface area (Å²) in [5.41, 5.74) is 3.06. The summed E-state index contributed by atoms with van der Waals surface area (Å²) in [6, 6.07) is 13.3. The molecule has 4 heteroatoms. The monoisotopic (exact) mass is 292 g/mol. The molecule has 0 unspecified atom stereocenters. The number of hydrogen-bond donors (Lipinski definition) is 0. The van der Waals surface area contributed by atoms with Crippen LogP contribution in [0.15, 0.2) is 47.3 Å². The van der Waals surface area contributed by atoms with Crippen LogP contribution in [0, 0.1) is 6.92 Å². The minimum atomic E-state index is -0.192. The molecule has 4 nitrogen and oxygen atoms in total. The van der Waals surface area contributed by atoms with Gasteiger partial charge in [0, 0.05) is 23.7 Å². The van der Waals surface area contributed by atoms with E-state index in [4.69, 9.17) is 0 Å². The molecule has 0 amide bonds. The van der Waals surface area contributed by atoms with Crippen molar-refractivity contribution in [3.63, 3.8) is 0 Å². The van der Waals surface area contributed by atoms with Crippen LogP contribution in [0.2, 0.25) is 0 Å². The molecule has 0 aliphatic rings. The lowest BCUT2D eigenvalue weighted by molar-refractivity contribution is 0.101. The van der Waals surface area contributed by atoms with Gasteiger partial charge in [0.2, 0.25) is 0 Å². The lowest BCUT2D eigenvalue weighted by Gasteiger charge is -2.12. The molecule has 0 atom stereocenters. The lowest BCUT2D eigenvalue weighted by Crippen LogP contribution is -2.20. The molecule has 0 fully saturated rings. The third kappa shape index (κ3) is 2.22. The minimum Gasteiger partial charge on any atom is -0.309 e. The number of aryl methyl sites for hydroxylation is 1. The molecule has 0 aliphatic carbocycles. The molecule has 0 radical (unpaired) electrons. The molecule has 22 heavy (non-hydrogen) atoms. The van der Waals surface area contributed by atoms with E-state index < -0.39 is 0 Å². The second-order valence-electron chi connectivity index (χ2n) is 5.39. The van der Waals surface area contributed by atoms with Crippen molar-refractivity contribution in [2.45, 2.75) is 13.8 Å². The number of carbonyl (C=O) groups is 1. The fourth-order valence-electron chi connectivity index (χ4n) is 2.67. The average Bonchev–Trinajstić information content (AvgIpc) is 2.51. The highest BCUT2D eigenvalue weighted by atomic mass is 16.1. The number of carbonyl (C=O) groups excluding carboxylic acids is 1. The second-order valence-corrected chi connectivity index (χ2v) is 5.39. The predicted octanol–water partition coefficient (Wildman–Crippen LogP) is 3.11. The molecule has 0 saturated heterocycles. The quantitative estimate of drug-likeness (QED) is 0.682. The maximum atomic E-state index is 12.6. The number of rotatable bonds is 2. The van der Waals surface area contributed by atoms with Crippen molar-refractivity contribution in [3.8, 4) is 11.3 Å². The fourth-order valence-corrected chi connectivity index (χ4v) is 2.67. The Bertz CT molecular complexity index is 941. The molecule has 0 spiro atoms. The van der Waals surface area contributed by atoms with Gasteiger partial charge in [-0.2, -0.15) is 0 Å². The van der Waals surface area contributed by atoms with Crippen molar-refractivity contribution in [2.75, 3.05) is 0 Å². The van der Waals surface area contributed by atoms with Gasteiger partial charge in [-0.15, -0.1) is 0 Å². The van der Waals surface area contributed by atoms with Crippen molar-refractivity contribution in [1.82, 2.24) is 9.55 Å². The van der Waals surface area contributed by atoms with Crippen LogP contribution < -0.4 is 5.56 Å². The number of benzene rings is 1. The Balaban J connectivity index is 2.46. The van der Waals surface area contributed by atoms with Gasteiger partial charge in [0.1, 0.15) is 5.52 Å². The first kappa shape index (κ1) is 14.2. The average molecular weight is 292 g/mol. The van der Waals surface area contributed by atoms with E-state index in [1.165, 1.54) is 6.92 Å². The summed E-state index contributed by atoms with van der Waals surface area (Å²) >= 11 is 0. The standard InChI is InChI=1S/C18H16N2O2/c1-11-9-14(12(2)21)15-10-16(13-7-5-4-6-8-13)20(3)18(22)17(15)19-11/h4-10H,1-3H3. The molecule has 0 saturated carbocycles. The van der Waals surface area contributed by atoms with Gasteiger partial charge >= 0.3 is 0 Å². The molecule has 0 bridgehead atoms. The van der Waals surface area contributed by atoms with E-state index in [9.17, 15) is 9.59 Å². The summed E-state index contributed by atoms with van der Waals surface area (Å²) in [4.78, 5) is 28.9. The van der Waals surface area contributed by atoms with Crippen LogP contribution in [-0.2, 0) is 7.05 Å². The number of aromatic nitrogens is 2. The normalized spacial score (nSPS) is 10.9. The Hall–Kier alpha value is -2.75. The van der Waals surface area contributed by atoms with Crippen LogP contribution >= 0.6 is 0 Å². The maximum absolute atomic E-state index is 12.6. The van der Waals surface area contributed by atoms with Gasteiger partial charge in [-0.25, -0.2) is 4.98 Å². The molecule has 2 aromatic heterocycles. The van der Waals surface area contributed by atoms with Crippen LogP contribution in [-0.4, -0.2) is 15.3 Å². The first-order valence-corrected chi connectivity index (χ1v) is 7.07. The Morgan fingerprint density at radius 3 is 2.45 bits per heavy atom. The van der Waals surface area contributed by atoms with Gasteiger partial charge in [0.25, 0.3) is 5.56 Å². The topological polar surface area (TPSA) is 52.0 Å². The minimum absolute atomic E-state index is 0.0669. The number of hydrogen-bond acceptors (Lipinski definition) is 3. The van der Waals surface area contributed by atoms with E-state index in [-0.39, 0.29) is 11.3 Å². The summed E-state index contributed by atoms with van der Waals surface area (Å²) in [5.74, 6) is -0.0669. The van der Waals surface area contributed by atoms with Gasteiger partial charge in [0.05, 0.1) is 5.69 Å². The number of fused-ring (bicyclic) bond motifs is 1. The van der Waals surface area contributed by atoms with Crippen LogP contribution in [0.25, 0.3) is 22.2 Å². The molecule has 0 N–H and O–H groups in total. The highest BCUT2D eigenvalue weighted by Crippen LogP contribution is 2.24. The zero-order chi connectivity index (χ0) is 15.9. The van der Waals surface area contributed by atoms with Gasteiger partial charge in [0.15, 0.2) is 5.78 Å². The third-order valence-corrected chi connectivity index (χ3v) is 3.79. The SMILES string of the molecule is CC(=O)c1cc(C)nc2c(=O)n(C)c(-c3ccccc3)cc12. The van der Waals surface area contributed by atoms with Crippen molar-refractivity contribution in [2.24, 2.45) is 7.05 Å². The van der Waals surface area contributed by atoms with Gasteiger partial charge in [-0.1, -0.05) is 30.3 Å². The van der Waals surface area contributed by atoms with Crippen LogP contribution in [0.3, 0.4) is 0 Å². The predicted molar refractivity (Wildman–Crippen MR) is 87.2 cm³/mol. The highest BCUT2D eigenvalue weighted by Gasteiger charge is 2.15. The van der Waals surface area contributed by atoms with E-state index >= 15 is 0 Å². The van der Waals surface area contributed by atoms with Crippen LogP contribution in [0.4, 0.5) is 0 Å². The van der Waals surface area contributed by atoms with Crippen molar-refractivity contribution in [1.29, 1.82) is 0 Å². The third-order valence-electron chi connectivity index (χ3n) is 3.79. The van der Waals surface area contributed by atoms with E-state index in [1.54, 1.807) is 24.6 Å². The van der Waals surface area contributed by atoms with E-state index in [0.29, 0.717) is 22.2 Å². The number of nitrogens with zero attached hydrogens (tertiary/aromatic N) is 2. The molecular formula is C18H16N2O2. The second kappa shape index (κ2) is 5.22. The maximum Gasteiger partial charge on any atom is 0.277 e. The molecule has 2 heterocycles. The van der Waals surface area contributed by atoms with Gasteiger partial charge in [-0.3, -0.25) is 9.59 Å². The smallest absolute Gasteiger partial charge is 0.277 e. The highest BCUT2D eigenvalue weighted by molar-refractivity contribution is 6.06. The van der Waals surface area contributed by atoms with Crippen molar-refractivity contribution >= 4 is 16.7 Å². The Morgan fingerprint density at radius 1 is 1.14 bits per heavy atom. The molecule has 3 aromatic rings. The Labute approximate surface area is 128 Å². The fraction of sp³-hybridized carbons (Fsp3) is 0.167. The summed E-state index contributed by atoms with van der Waals surface area (Å²) in [6.45, 7) is 3.30. The first-order chi connectivity index (χ1) is 10.5. The Kier molecular flexibility index (Phi) is 3.37. The van der Waals surface area contributed by atoms with Gasteiger partial charge < -0.3 is 4.57 Å². The van der Waals surface area contributed by atoms with Crippen molar-refractivity contribution < 1.29 is 4.79 Å². The summed E-state index contributed by atoms with van der Waals surface area (Å²) in [7, 11) is 1.72. The zero-order valence-electron chi connectivity index (χ0n) is 12.8. The number of ketones is 1. The van der Waals surface area contributed by atoms with E-state index in [1.807, 2.05) is 36.4 Å². The van der Waals surface area contributed by atoms with Gasteiger partial charge in [-0.05, 0) is 31.5 Å². The van der Waals surface area contributed by atoms with E-state index in [0.717, 1.165) is 11.3 Å². The first-order valence-electron chi connectivity index (χ1n) is 7.07. The number of pyridine rings is 2. The lowest BCUT2D eigenvalue weighted by atomic mass is 10.0. The summed E-state index contributed by atoms with van der Waals surface area (Å²) < 4.78 is 1.58. The molecule has 110 valence electrons. The number of Topliss-reactive ketones (excluding diaryl/α,β-unsaturated/α-hetero) is 1. The van der Waals surface area contributed by atoms with Crippen molar-refractivity contribution in [3.05, 3.63) is 64.1 Å². The summed E-state index contributed by atoms with van der Waals surface area (Å²) in [5, 5.41) is 0.611. The summed E-state index contributed by atoms with van der Waals surface area (Å²) in [6.07, 6.45) is 0. The molecule has 1 aromatic carbocycles. The van der Waals surface area contributed by atoms with E-state index in [2.05, 4.69) is 4.98 Å². The molecular weight excluding hydrogens is 276 g/mol. The Morgan fingerprint density at radius 2 is 1.82 bits per heavy atom. The zero-order valence-corrected chi connectivity index (χ0v) is 12.8. The molecule has 3 rings (SSSR count). The van der Waals surface area contributed by atoms with Crippen LogP contribution in [0.1, 0.15) is 23.0 Å². The van der Waals surface area contributed by atoms with Crippen LogP contribution in [0.5, 0.6) is 0 Å².